The molecule has 0 aromatic heterocycles. The molecule has 1 heterocycles. The topological polar surface area (TPSA) is 40.5 Å². The van der Waals surface area contributed by atoms with Crippen LogP contribution in [0, 0.1) is 5.92 Å². The van der Waals surface area contributed by atoms with Crippen molar-refractivity contribution in [3.05, 3.63) is 71.3 Å². The lowest BCUT2D eigenvalue weighted by atomic mass is 9.83. The van der Waals surface area contributed by atoms with Crippen LogP contribution in [0.15, 0.2) is 54.6 Å². The Balaban J connectivity index is 1.79. The van der Waals surface area contributed by atoms with Crippen LogP contribution in [-0.2, 0) is 12.1 Å². The highest BCUT2D eigenvalue weighted by Crippen LogP contribution is 2.44. The third kappa shape index (κ3) is 2.67. The highest BCUT2D eigenvalue weighted by molar-refractivity contribution is 6.00. The molecular weight excluding hydrogens is 310 g/mol. The second-order valence-corrected chi connectivity index (χ2v) is 7.53. The van der Waals surface area contributed by atoms with E-state index in [1.807, 2.05) is 54.6 Å². The van der Waals surface area contributed by atoms with Gasteiger partial charge in [-0.2, -0.15) is 0 Å². The van der Waals surface area contributed by atoms with E-state index < -0.39 is 5.72 Å². The van der Waals surface area contributed by atoms with Crippen molar-refractivity contribution in [2.24, 2.45) is 5.92 Å². The molecule has 1 fully saturated rings. The molecule has 1 aliphatic carbocycles. The van der Waals surface area contributed by atoms with Crippen LogP contribution in [0.4, 0.5) is 0 Å². The van der Waals surface area contributed by atoms with Gasteiger partial charge in [0.1, 0.15) is 0 Å². The van der Waals surface area contributed by atoms with Crippen LogP contribution < -0.4 is 0 Å². The van der Waals surface area contributed by atoms with Crippen LogP contribution in [0.3, 0.4) is 0 Å². The molecule has 0 bridgehead atoms. The number of amides is 1. The summed E-state index contributed by atoms with van der Waals surface area (Å²) in [5.41, 5.74) is 1.19. The molecule has 1 amide bonds. The lowest BCUT2D eigenvalue weighted by Crippen LogP contribution is -2.54. The van der Waals surface area contributed by atoms with E-state index in [0.717, 1.165) is 30.4 Å². The molecule has 2 aromatic rings. The molecule has 25 heavy (non-hydrogen) atoms. The summed E-state index contributed by atoms with van der Waals surface area (Å²) in [7, 11) is 0. The zero-order valence-corrected chi connectivity index (χ0v) is 14.7. The zero-order valence-electron chi connectivity index (χ0n) is 14.7. The van der Waals surface area contributed by atoms with Gasteiger partial charge in [0.15, 0.2) is 5.72 Å². The molecule has 3 atom stereocenters. The van der Waals surface area contributed by atoms with Crippen LogP contribution in [0.1, 0.15) is 54.1 Å². The van der Waals surface area contributed by atoms with Crippen molar-refractivity contribution in [2.75, 3.05) is 0 Å². The molecule has 2 aromatic carbocycles. The summed E-state index contributed by atoms with van der Waals surface area (Å²) < 4.78 is 0. The number of rotatable bonds is 3. The van der Waals surface area contributed by atoms with Crippen LogP contribution in [-0.4, -0.2) is 22.0 Å². The molecule has 0 unspecified atom stereocenters. The van der Waals surface area contributed by atoms with Crippen molar-refractivity contribution >= 4 is 5.91 Å². The molecule has 0 spiro atoms. The van der Waals surface area contributed by atoms with Crippen molar-refractivity contribution in [3.8, 4) is 0 Å². The van der Waals surface area contributed by atoms with Gasteiger partial charge in [-0.05, 0) is 30.4 Å². The van der Waals surface area contributed by atoms with Gasteiger partial charge in [0.25, 0.3) is 5.91 Å². The largest absolute Gasteiger partial charge is 0.366 e. The van der Waals surface area contributed by atoms with E-state index >= 15 is 0 Å². The Kier molecular flexibility index (Phi) is 4.12. The quantitative estimate of drug-likeness (QED) is 0.917. The number of hydrogen-bond donors (Lipinski definition) is 1. The van der Waals surface area contributed by atoms with E-state index in [4.69, 9.17) is 0 Å². The fourth-order valence-electron chi connectivity index (χ4n) is 4.61. The van der Waals surface area contributed by atoms with E-state index in [1.165, 1.54) is 6.42 Å². The van der Waals surface area contributed by atoms with Crippen molar-refractivity contribution in [3.63, 3.8) is 0 Å². The number of fused-ring (bicyclic) bond motifs is 1. The molecule has 0 radical (unpaired) electrons. The van der Waals surface area contributed by atoms with Gasteiger partial charge in [0.05, 0.1) is 0 Å². The monoisotopic (exact) mass is 335 g/mol. The Hall–Kier alpha value is -2.13. The van der Waals surface area contributed by atoms with E-state index in [0.29, 0.717) is 17.9 Å². The van der Waals surface area contributed by atoms with Gasteiger partial charge in [-0.15, -0.1) is 0 Å². The first-order chi connectivity index (χ1) is 12.1. The minimum absolute atomic E-state index is 0.0206. The van der Waals surface area contributed by atoms with Gasteiger partial charge in [0, 0.05) is 23.6 Å². The van der Waals surface area contributed by atoms with Crippen LogP contribution in [0.5, 0.6) is 0 Å². The summed E-state index contributed by atoms with van der Waals surface area (Å²) in [6.45, 7) is 2.21. The molecule has 3 heteroatoms. The molecule has 130 valence electrons. The smallest absolute Gasteiger partial charge is 0.257 e. The zero-order chi connectivity index (χ0) is 17.4. The first-order valence-electron chi connectivity index (χ1n) is 9.31. The second kappa shape index (κ2) is 6.30. The number of carbonyl (C=O) groups is 1. The van der Waals surface area contributed by atoms with Crippen LogP contribution in [0.25, 0.3) is 0 Å². The number of carbonyl (C=O) groups excluding carboxylic acids is 1. The first kappa shape index (κ1) is 16.3. The third-order valence-electron chi connectivity index (χ3n) is 5.90. The molecule has 3 nitrogen and oxygen atoms in total. The van der Waals surface area contributed by atoms with Gasteiger partial charge in [0.2, 0.25) is 0 Å². The van der Waals surface area contributed by atoms with Crippen molar-refractivity contribution in [1.29, 1.82) is 0 Å². The number of benzene rings is 2. The Bertz CT molecular complexity index is 773. The minimum atomic E-state index is -1.26. The van der Waals surface area contributed by atoms with E-state index in [1.54, 1.807) is 4.90 Å². The maximum absolute atomic E-state index is 13.2. The van der Waals surface area contributed by atoms with Gasteiger partial charge < -0.3 is 10.0 Å². The van der Waals surface area contributed by atoms with Gasteiger partial charge in [-0.3, -0.25) is 4.79 Å². The van der Waals surface area contributed by atoms with Gasteiger partial charge in [-0.25, -0.2) is 0 Å². The summed E-state index contributed by atoms with van der Waals surface area (Å²) >= 11 is 0. The Labute approximate surface area is 149 Å². The fraction of sp³-hybridized carbons (Fsp3) is 0.409. The molecule has 1 saturated carbocycles. The Morgan fingerprint density at radius 2 is 1.72 bits per heavy atom. The predicted octanol–water partition coefficient (Wildman–Crippen LogP) is 4.11. The normalized spacial score (nSPS) is 28.9. The van der Waals surface area contributed by atoms with Crippen molar-refractivity contribution < 1.29 is 9.90 Å². The third-order valence-corrected chi connectivity index (χ3v) is 5.90. The number of nitrogens with zero attached hydrogens (tertiary/aromatic N) is 1. The van der Waals surface area contributed by atoms with Crippen molar-refractivity contribution in [1.82, 2.24) is 4.90 Å². The van der Waals surface area contributed by atoms with E-state index in [9.17, 15) is 9.90 Å². The summed E-state index contributed by atoms with van der Waals surface area (Å²) in [6, 6.07) is 17.6. The second-order valence-electron chi connectivity index (χ2n) is 7.53. The summed E-state index contributed by atoms with van der Waals surface area (Å²) in [6.07, 6.45) is 4.85. The Morgan fingerprint density at radius 3 is 2.48 bits per heavy atom. The van der Waals surface area contributed by atoms with E-state index in [2.05, 4.69) is 6.92 Å². The molecule has 1 N–H and O–H groups in total. The average molecular weight is 335 g/mol. The van der Waals surface area contributed by atoms with Crippen LogP contribution in [0.2, 0.25) is 0 Å². The maximum atomic E-state index is 13.2. The average Bonchev–Trinajstić information content (AvgIpc) is 2.85. The lowest BCUT2D eigenvalue weighted by molar-refractivity contribution is -0.115. The first-order valence-corrected chi connectivity index (χ1v) is 9.31. The van der Waals surface area contributed by atoms with Gasteiger partial charge >= 0.3 is 0 Å². The molecule has 2 aliphatic rings. The molecular formula is C22H25NO2. The van der Waals surface area contributed by atoms with Crippen molar-refractivity contribution in [2.45, 2.75) is 50.8 Å². The standard InChI is InChI=1S/C22H25NO2/c1-16-9-5-8-14-20(16)23-21(24)18-12-6-7-13-19(18)22(23,25)15-17-10-3-2-4-11-17/h2-4,6-7,10-13,16,20,25H,5,8-9,14-15H2,1H3/t16-,20+,22+/m1/s1. The highest BCUT2D eigenvalue weighted by Gasteiger charge is 2.52. The lowest BCUT2D eigenvalue weighted by Gasteiger charge is -2.44. The predicted molar refractivity (Wildman–Crippen MR) is 98.1 cm³/mol. The fourth-order valence-corrected chi connectivity index (χ4v) is 4.61. The van der Waals surface area contributed by atoms with E-state index in [-0.39, 0.29) is 11.9 Å². The Morgan fingerprint density at radius 1 is 1.04 bits per heavy atom. The maximum Gasteiger partial charge on any atom is 0.257 e. The SMILES string of the molecule is C[C@@H]1CCCC[C@@H]1N1C(=O)c2ccccc2[C@@]1(O)Cc1ccccc1. The minimum Gasteiger partial charge on any atom is -0.366 e. The summed E-state index contributed by atoms with van der Waals surface area (Å²) in [5, 5.41) is 11.8. The molecule has 4 rings (SSSR count). The summed E-state index contributed by atoms with van der Waals surface area (Å²) in [4.78, 5) is 15.0. The molecule has 0 saturated heterocycles. The molecule has 1 aliphatic heterocycles. The number of aliphatic hydroxyl groups is 1. The number of hydrogen-bond acceptors (Lipinski definition) is 2. The van der Waals surface area contributed by atoms with Crippen LogP contribution >= 0.6 is 0 Å². The van der Waals surface area contributed by atoms with Gasteiger partial charge in [-0.1, -0.05) is 68.3 Å². The summed E-state index contributed by atoms with van der Waals surface area (Å²) in [5.74, 6) is 0.391. The highest BCUT2D eigenvalue weighted by atomic mass is 16.3.